The van der Waals surface area contributed by atoms with Gasteiger partial charge in [0.25, 0.3) is 0 Å². The van der Waals surface area contributed by atoms with E-state index in [0.29, 0.717) is 5.69 Å². The van der Waals surface area contributed by atoms with Gasteiger partial charge in [-0.2, -0.15) is 13.2 Å². The van der Waals surface area contributed by atoms with Crippen molar-refractivity contribution in [1.29, 1.82) is 0 Å². The molecular formula is C13H12F3NOS2. The van der Waals surface area contributed by atoms with Crippen LogP contribution in [0.5, 0.6) is 0 Å². The predicted molar refractivity (Wildman–Crippen MR) is 73.8 cm³/mol. The molecular weight excluding hydrogens is 307 g/mol. The zero-order valence-corrected chi connectivity index (χ0v) is 12.2. The molecule has 0 spiro atoms. The molecule has 108 valence electrons. The smallest absolute Gasteiger partial charge is 0.259 e. The van der Waals surface area contributed by atoms with Crippen molar-refractivity contribution in [3.63, 3.8) is 0 Å². The van der Waals surface area contributed by atoms with Gasteiger partial charge < -0.3 is 0 Å². The lowest BCUT2D eigenvalue weighted by atomic mass is 10.1. The minimum absolute atomic E-state index is 0.0604. The standard InChI is InChI=1S/C13H12F3NOS2/c1-9-17-11(6-19-9)8-20(18)7-10-4-2-3-5-12(10)13(14,15)16/h2-6H,7-8H2,1H3/t20-/m1/s1. The molecule has 0 aliphatic heterocycles. The van der Waals surface area contributed by atoms with Gasteiger partial charge in [0.2, 0.25) is 0 Å². The first-order valence-corrected chi connectivity index (χ1v) is 8.14. The van der Waals surface area contributed by atoms with Crippen molar-refractivity contribution in [2.75, 3.05) is 0 Å². The van der Waals surface area contributed by atoms with Crippen molar-refractivity contribution in [1.82, 2.24) is 4.98 Å². The highest BCUT2D eigenvalue weighted by atomic mass is 32.2. The summed E-state index contributed by atoms with van der Waals surface area (Å²) in [7, 11) is -1.41. The van der Waals surface area contributed by atoms with Crippen LogP contribution in [0, 0.1) is 6.92 Å². The molecule has 7 heteroatoms. The van der Waals surface area contributed by atoms with Crippen molar-refractivity contribution in [3.05, 3.63) is 51.5 Å². The maximum atomic E-state index is 12.8. The molecule has 2 nitrogen and oxygen atoms in total. The third kappa shape index (κ3) is 3.89. The van der Waals surface area contributed by atoms with Crippen molar-refractivity contribution in [3.8, 4) is 0 Å². The van der Waals surface area contributed by atoms with Crippen molar-refractivity contribution in [2.24, 2.45) is 0 Å². The minimum atomic E-state index is -4.42. The quantitative estimate of drug-likeness (QED) is 0.855. The minimum Gasteiger partial charge on any atom is -0.259 e. The molecule has 0 N–H and O–H groups in total. The first-order chi connectivity index (χ1) is 9.36. The second-order valence-electron chi connectivity index (χ2n) is 4.24. The fourth-order valence-corrected chi connectivity index (χ4v) is 3.68. The van der Waals surface area contributed by atoms with Gasteiger partial charge in [-0.3, -0.25) is 4.21 Å². The summed E-state index contributed by atoms with van der Waals surface area (Å²) in [5, 5.41) is 2.63. The van der Waals surface area contributed by atoms with Gasteiger partial charge in [-0.05, 0) is 18.6 Å². The summed E-state index contributed by atoms with van der Waals surface area (Å²) in [6.45, 7) is 1.83. The fourth-order valence-electron chi connectivity index (χ4n) is 1.79. The lowest BCUT2D eigenvalue weighted by Gasteiger charge is -2.12. The summed E-state index contributed by atoms with van der Waals surface area (Å²) >= 11 is 1.43. The number of aryl methyl sites for hydroxylation is 1. The lowest BCUT2D eigenvalue weighted by Crippen LogP contribution is -2.11. The van der Waals surface area contributed by atoms with Gasteiger partial charge in [0.1, 0.15) is 0 Å². The van der Waals surface area contributed by atoms with Gasteiger partial charge in [0.15, 0.2) is 0 Å². The number of nitrogens with zero attached hydrogens (tertiary/aromatic N) is 1. The summed E-state index contributed by atoms with van der Waals surface area (Å²) in [5.41, 5.74) is 0.00316. The van der Waals surface area contributed by atoms with Crippen LogP contribution in [-0.2, 0) is 28.5 Å². The van der Waals surface area contributed by atoms with Gasteiger partial charge in [-0.15, -0.1) is 11.3 Å². The largest absolute Gasteiger partial charge is 0.416 e. The molecule has 1 aromatic heterocycles. The van der Waals surface area contributed by atoms with Crippen molar-refractivity contribution < 1.29 is 17.4 Å². The van der Waals surface area contributed by atoms with Crippen LogP contribution in [0.15, 0.2) is 29.6 Å². The summed E-state index contributed by atoms with van der Waals surface area (Å²) in [6, 6.07) is 5.24. The molecule has 1 aromatic carbocycles. The number of hydrogen-bond acceptors (Lipinski definition) is 3. The summed E-state index contributed by atoms with van der Waals surface area (Å²) in [5.74, 6) is 0.0583. The molecule has 0 bridgehead atoms. The number of aromatic nitrogens is 1. The summed E-state index contributed by atoms with van der Waals surface area (Å²) < 4.78 is 50.4. The molecule has 0 radical (unpaired) electrons. The molecule has 1 atom stereocenters. The molecule has 0 saturated carbocycles. The maximum absolute atomic E-state index is 12.8. The Morgan fingerprint density at radius 3 is 2.55 bits per heavy atom. The van der Waals surface area contributed by atoms with E-state index in [1.54, 1.807) is 5.38 Å². The van der Waals surface area contributed by atoms with Gasteiger partial charge in [-0.1, -0.05) is 18.2 Å². The molecule has 0 saturated heterocycles. The van der Waals surface area contributed by atoms with Crippen molar-refractivity contribution >= 4 is 22.1 Å². The number of thiazole rings is 1. The Morgan fingerprint density at radius 2 is 1.95 bits per heavy atom. The zero-order chi connectivity index (χ0) is 14.8. The third-order valence-electron chi connectivity index (χ3n) is 2.61. The van der Waals surface area contributed by atoms with Crippen LogP contribution >= 0.6 is 11.3 Å². The first-order valence-electron chi connectivity index (χ1n) is 5.77. The average Bonchev–Trinajstić information content (AvgIpc) is 2.73. The van der Waals surface area contributed by atoms with E-state index in [9.17, 15) is 17.4 Å². The highest BCUT2D eigenvalue weighted by Crippen LogP contribution is 2.32. The Labute approximate surface area is 121 Å². The van der Waals surface area contributed by atoms with E-state index in [4.69, 9.17) is 0 Å². The highest BCUT2D eigenvalue weighted by molar-refractivity contribution is 7.83. The van der Waals surface area contributed by atoms with E-state index in [1.807, 2.05) is 6.92 Å². The van der Waals surface area contributed by atoms with Crippen LogP contribution in [0.25, 0.3) is 0 Å². The zero-order valence-electron chi connectivity index (χ0n) is 10.6. The van der Waals surface area contributed by atoms with E-state index in [0.717, 1.165) is 11.1 Å². The Kier molecular flexibility index (Phi) is 4.59. The SMILES string of the molecule is Cc1nc(C[S@](=O)Cc2ccccc2C(F)(F)F)cs1. The van der Waals surface area contributed by atoms with Crippen LogP contribution in [0.1, 0.15) is 21.8 Å². The second-order valence-corrected chi connectivity index (χ2v) is 6.76. The molecule has 0 aliphatic carbocycles. The number of benzene rings is 1. The molecule has 2 rings (SSSR count). The average molecular weight is 319 g/mol. The van der Waals surface area contributed by atoms with E-state index < -0.39 is 22.5 Å². The summed E-state index contributed by atoms with van der Waals surface area (Å²) in [6.07, 6.45) is -4.42. The van der Waals surface area contributed by atoms with Crippen LogP contribution in [-0.4, -0.2) is 9.19 Å². The van der Waals surface area contributed by atoms with Crippen LogP contribution < -0.4 is 0 Å². The predicted octanol–water partition coefficient (Wildman–Crippen LogP) is 3.92. The normalized spacial score (nSPS) is 13.4. The van der Waals surface area contributed by atoms with Gasteiger partial charge in [-0.25, -0.2) is 4.98 Å². The molecule has 0 amide bonds. The van der Waals surface area contributed by atoms with Crippen molar-refractivity contribution in [2.45, 2.75) is 24.6 Å². The molecule has 2 aromatic rings. The molecule has 1 heterocycles. The highest BCUT2D eigenvalue weighted by Gasteiger charge is 2.33. The maximum Gasteiger partial charge on any atom is 0.416 e. The molecule has 0 aliphatic rings. The van der Waals surface area contributed by atoms with E-state index in [-0.39, 0.29) is 17.1 Å². The van der Waals surface area contributed by atoms with Gasteiger partial charge in [0, 0.05) is 21.9 Å². The van der Waals surface area contributed by atoms with E-state index >= 15 is 0 Å². The van der Waals surface area contributed by atoms with Gasteiger partial charge >= 0.3 is 6.18 Å². The molecule has 0 fully saturated rings. The number of rotatable bonds is 4. The van der Waals surface area contributed by atoms with E-state index in [2.05, 4.69) is 4.98 Å². The van der Waals surface area contributed by atoms with E-state index in [1.165, 1.54) is 29.5 Å². The van der Waals surface area contributed by atoms with Gasteiger partial charge in [0.05, 0.1) is 22.0 Å². The number of hydrogen-bond donors (Lipinski definition) is 0. The molecule has 0 unspecified atom stereocenters. The third-order valence-corrected chi connectivity index (χ3v) is 4.69. The monoisotopic (exact) mass is 319 g/mol. The molecule has 20 heavy (non-hydrogen) atoms. The van der Waals surface area contributed by atoms with Crippen LogP contribution in [0.2, 0.25) is 0 Å². The fraction of sp³-hybridized carbons (Fsp3) is 0.308. The Balaban J connectivity index is 2.12. The Hall–Kier alpha value is -1.21. The number of halogens is 3. The number of alkyl halides is 3. The Bertz CT molecular complexity index is 622. The van der Waals surface area contributed by atoms with Crippen LogP contribution in [0.3, 0.4) is 0 Å². The topological polar surface area (TPSA) is 30.0 Å². The Morgan fingerprint density at radius 1 is 1.25 bits per heavy atom. The first kappa shape index (κ1) is 15.2. The van der Waals surface area contributed by atoms with Crippen LogP contribution in [0.4, 0.5) is 13.2 Å². The second kappa shape index (κ2) is 6.05. The lowest BCUT2D eigenvalue weighted by molar-refractivity contribution is -0.138. The summed E-state index contributed by atoms with van der Waals surface area (Å²) in [4.78, 5) is 4.17.